The van der Waals surface area contributed by atoms with E-state index in [4.69, 9.17) is 12.2 Å². The summed E-state index contributed by atoms with van der Waals surface area (Å²) in [4.78, 5) is 8.21. The summed E-state index contributed by atoms with van der Waals surface area (Å²) in [6, 6.07) is 1.83. The Morgan fingerprint density at radius 3 is 2.93 bits per heavy atom. The van der Waals surface area contributed by atoms with Gasteiger partial charge < -0.3 is 11.1 Å². The van der Waals surface area contributed by atoms with Gasteiger partial charge in [-0.25, -0.2) is 4.98 Å². The van der Waals surface area contributed by atoms with E-state index in [9.17, 15) is 0 Å². The third-order valence-corrected chi connectivity index (χ3v) is 2.31. The minimum absolute atomic E-state index is 0.184. The van der Waals surface area contributed by atoms with Gasteiger partial charge in [-0.05, 0) is 22.4 Å². The maximum Gasteiger partial charge on any atom is 0.225 e. The average Bonchev–Trinajstić information content (AvgIpc) is 2.15. The lowest BCUT2D eigenvalue weighted by atomic mass is 10.2. The van der Waals surface area contributed by atoms with Gasteiger partial charge in [0.05, 0.1) is 0 Å². The molecule has 1 heterocycles. The maximum atomic E-state index is 5.59. The van der Waals surface area contributed by atoms with Crippen molar-refractivity contribution in [1.29, 1.82) is 0 Å². The number of nitrogens with two attached hydrogens (primary N) is 1. The van der Waals surface area contributed by atoms with Crippen LogP contribution in [0.25, 0.3) is 0 Å². The Kier molecular flexibility index (Phi) is 4.37. The van der Waals surface area contributed by atoms with Crippen molar-refractivity contribution in [3.8, 4) is 12.3 Å². The molecule has 0 fully saturated rings. The molecule has 1 unspecified atom stereocenters. The van der Waals surface area contributed by atoms with Crippen molar-refractivity contribution in [3.63, 3.8) is 0 Å². The molecule has 0 aliphatic heterocycles. The molecular weight excluding hydrogens is 256 g/mol. The third-order valence-electron chi connectivity index (χ3n) is 1.90. The lowest BCUT2D eigenvalue weighted by Crippen LogP contribution is -2.19. The van der Waals surface area contributed by atoms with Gasteiger partial charge in [0.15, 0.2) is 0 Å². The Labute approximate surface area is 97.8 Å². The van der Waals surface area contributed by atoms with Crippen LogP contribution in [0.3, 0.4) is 0 Å². The molecule has 0 aliphatic carbocycles. The minimum atomic E-state index is 0.184. The molecule has 5 heteroatoms. The van der Waals surface area contributed by atoms with Gasteiger partial charge in [0.1, 0.15) is 10.4 Å². The Hall–Kier alpha value is -1.28. The van der Waals surface area contributed by atoms with E-state index in [0.29, 0.717) is 22.8 Å². The summed E-state index contributed by atoms with van der Waals surface area (Å²) < 4.78 is 0.660. The van der Waals surface area contributed by atoms with Crippen molar-refractivity contribution in [1.82, 2.24) is 9.97 Å². The van der Waals surface area contributed by atoms with E-state index < -0.39 is 0 Å². The molecule has 4 nitrogen and oxygen atoms in total. The van der Waals surface area contributed by atoms with E-state index in [-0.39, 0.29) is 6.04 Å². The van der Waals surface area contributed by atoms with Crippen LogP contribution in [0.15, 0.2) is 10.7 Å². The molecule has 0 bridgehead atoms. The Balaban J connectivity index is 2.75. The highest BCUT2D eigenvalue weighted by atomic mass is 79.9. The van der Waals surface area contributed by atoms with Gasteiger partial charge >= 0.3 is 0 Å². The summed E-state index contributed by atoms with van der Waals surface area (Å²) in [7, 11) is 0. The first-order valence-corrected chi connectivity index (χ1v) is 5.45. The van der Waals surface area contributed by atoms with Crippen molar-refractivity contribution in [2.24, 2.45) is 0 Å². The summed E-state index contributed by atoms with van der Waals surface area (Å²) in [5.41, 5.74) is 5.59. The fourth-order valence-electron chi connectivity index (χ4n) is 1.12. The molecule has 80 valence electrons. The molecule has 0 radical (unpaired) electrons. The van der Waals surface area contributed by atoms with Crippen LogP contribution in [0.2, 0.25) is 0 Å². The normalized spacial score (nSPS) is 11.8. The third kappa shape index (κ3) is 3.76. The monoisotopic (exact) mass is 268 g/mol. The molecule has 0 aromatic carbocycles. The number of halogens is 1. The number of nitrogen functional groups attached to an aromatic ring is 1. The van der Waals surface area contributed by atoms with Gasteiger partial charge in [-0.15, -0.1) is 12.3 Å². The molecule has 0 spiro atoms. The Morgan fingerprint density at radius 1 is 1.67 bits per heavy atom. The van der Waals surface area contributed by atoms with Crippen molar-refractivity contribution < 1.29 is 0 Å². The van der Waals surface area contributed by atoms with Gasteiger partial charge in [-0.1, -0.05) is 6.92 Å². The summed E-state index contributed by atoms with van der Waals surface area (Å²) in [6.07, 6.45) is 6.82. The zero-order valence-corrected chi connectivity index (χ0v) is 10.1. The van der Waals surface area contributed by atoms with Crippen molar-refractivity contribution in [3.05, 3.63) is 10.7 Å². The van der Waals surface area contributed by atoms with E-state index in [0.717, 1.165) is 6.42 Å². The highest BCUT2D eigenvalue weighted by Gasteiger charge is 2.07. The minimum Gasteiger partial charge on any atom is -0.383 e. The second kappa shape index (κ2) is 5.56. The van der Waals surface area contributed by atoms with Gasteiger partial charge in [0.25, 0.3) is 0 Å². The summed E-state index contributed by atoms with van der Waals surface area (Å²) in [5.74, 6) is 3.54. The van der Waals surface area contributed by atoms with Crippen LogP contribution < -0.4 is 11.1 Å². The van der Waals surface area contributed by atoms with E-state index in [1.54, 1.807) is 6.07 Å². The van der Waals surface area contributed by atoms with Crippen LogP contribution in [-0.4, -0.2) is 16.0 Å². The quantitative estimate of drug-likeness (QED) is 0.648. The second-order valence-corrected chi connectivity index (χ2v) is 3.91. The number of terminal acetylenes is 1. The molecule has 0 aliphatic rings. The van der Waals surface area contributed by atoms with Crippen LogP contribution in [0, 0.1) is 12.3 Å². The highest BCUT2D eigenvalue weighted by Crippen LogP contribution is 2.14. The number of hydrogen-bond acceptors (Lipinski definition) is 4. The zero-order chi connectivity index (χ0) is 11.3. The van der Waals surface area contributed by atoms with E-state index in [1.165, 1.54) is 0 Å². The van der Waals surface area contributed by atoms with Crippen molar-refractivity contribution in [2.45, 2.75) is 25.8 Å². The number of nitrogens with one attached hydrogen (secondary N) is 1. The summed E-state index contributed by atoms with van der Waals surface area (Å²) in [6.45, 7) is 2.05. The molecule has 1 aromatic rings. The lowest BCUT2D eigenvalue weighted by molar-refractivity contribution is 0.706. The fourth-order valence-corrected chi connectivity index (χ4v) is 1.52. The number of nitrogens with zero attached hydrogens (tertiary/aromatic N) is 2. The Morgan fingerprint density at radius 2 is 2.40 bits per heavy atom. The smallest absolute Gasteiger partial charge is 0.225 e. The predicted molar refractivity (Wildman–Crippen MR) is 65.3 cm³/mol. The number of rotatable bonds is 4. The largest absolute Gasteiger partial charge is 0.383 e. The van der Waals surface area contributed by atoms with Crippen molar-refractivity contribution >= 4 is 27.7 Å². The lowest BCUT2D eigenvalue weighted by Gasteiger charge is -2.14. The molecule has 0 saturated heterocycles. The van der Waals surface area contributed by atoms with Gasteiger partial charge in [-0.2, -0.15) is 4.98 Å². The van der Waals surface area contributed by atoms with Gasteiger partial charge in [0.2, 0.25) is 5.95 Å². The number of anilines is 2. The SMILES string of the molecule is C#CCC(CC)Nc1nc(N)cc(Br)n1. The van der Waals surface area contributed by atoms with Crippen molar-refractivity contribution in [2.75, 3.05) is 11.1 Å². The molecule has 15 heavy (non-hydrogen) atoms. The molecule has 1 aromatic heterocycles. The zero-order valence-electron chi connectivity index (χ0n) is 8.50. The molecule has 0 amide bonds. The number of hydrogen-bond donors (Lipinski definition) is 2. The summed E-state index contributed by atoms with van der Waals surface area (Å²) in [5, 5.41) is 3.14. The van der Waals surface area contributed by atoms with E-state index in [1.807, 2.05) is 0 Å². The average molecular weight is 269 g/mol. The van der Waals surface area contributed by atoms with Gasteiger partial charge in [0, 0.05) is 18.5 Å². The van der Waals surface area contributed by atoms with E-state index in [2.05, 4.69) is 44.1 Å². The Bertz CT molecular complexity index is 352. The first kappa shape index (κ1) is 11.8. The summed E-state index contributed by atoms with van der Waals surface area (Å²) >= 11 is 3.25. The van der Waals surface area contributed by atoms with Gasteiger partial charge in [-0.3, -0.25) is 0 Å². The van der Waals surface area contributed by atoms with Crippen LogP contribution >= 0.6 is 15.9 Å². The standard InChI is InChI=1S/C10H13BrN4/c1-3-5-7(4-2)13-10-14-8(11)6-9(12)15-10/h1,6-7H,4-5H2,2H3,(H3,12,13,14,15). The van der Waals surface area contributed by atoms with Crippen LogP contribution in [0.1, 0.15) is 19.8 Å². The van der Waals surface area contributed by atoms with Crippen LogP contribution in [0.4, 0.5) is 11.8 Å². The number of aromatic nitrogens is 2. The fraction of sp³-hybridized carbons (Fsp3) is 0.400. The first-order chi connectivity index (χ1) is 7.15. The first-order valence-electron chi connectivity index (χ1n) is 4.65. The van der Waals surface area contributed by atoms with Crippen LogP contribution in [0.5, 0.6) is 0 Å². The second-order valence-electron chi connectivity index (χ2n) is 3.10. The molecular formula is C10H13BrN4. The molecule has 0 saturated carbocycles. The van der Waals surface area contributed by atoms with Crippen LogP contribution in [-0.2, 0) is 0 Å². The topological polar surface area (TPSA) is 63.8 Å². The molecule has 1 rings (SSSR count). The predicted octanol–water partition coefficient (Wildman–Crippen LogP) is 2.04. The molecule has 1 atom stereocenters. The highest BCUT2D eigenvalue weighted by molar-refractivity contribution is 9.10. The van der Waals surface area contributed by atoms with E-state index >= 15 is 0 Å². The maximum absolute atomic E-state index is 5.59. The molecule has 3 N–H and O–H groups in total.